The lowest BCUT2D eigenvalue weighted by Crippen LogP contribution is -2.60. The molecule has 0 unspecified atom stereocenters. The maximum atomic E-state index is 11.5. The number of aliphatic hydroxyl groups is 3. The molecule has 1 amide bonds. The van der Waals surface area contributed by atoms with Crippen molar-refractivity contribution < 1.29 is 34.4 Å². The van der Waals surface area contributed by atoms with Gasteiger partial charge >= 0.3 is 5.97 Å². The van der Waals surface area contributed by atoms with E-state index >= 15 is 0 Å². The molecule has 0 bridgehead atoms. The van der Waals surface area contributed by atoms with Crippen LogP contribution in [0.5, 0.6) is 0 Å². The first-order valence-electron chi connectivity index (χ1n) is 7.46. The van der Waals surface area contributed by atoms with Crippen molar-refractivity contribution in [2.45, 2.75) is 37.4 Å². The van der Waals surface area contributed by atoms with Crippen molar-refractivity contribution in [2.24, 2.45) is 0 Å². The van der Waals surface area contributed by atoms with Crippen molar-refractivity contribution in [3.05, 3.63) is 35.4 Å². The second kappa shape index (κ2) is 7.71. The molecule has 0 aromatic heterocycles. The highest BCUT2D eigenvalue weighted by atomic mass is 16.5. The summed E-state index contributed by atoms with van der Waals surface area (Å²) in [5.74, 6) is -0.887. The summed E-state index contributed by atoms with van der Waals surface area (Å²) < 4.78 is 10.3. The molecular formula is C16H21NO7. The first kappa shape index (κ1) is 18.3. The summed E-state index contributed by atoms with van der Waals surface area (Å²) in [6.07, 6.45) is -4.44. The topological polar surface area (TPSA) is 125 Å². The summed E-state index contributed by atoms with van der Waals surface area (Å²) in [6.45, 7) is 0.802. The highest BCUT2D eigenvalue weighted by molar-refractivity contribution is 5.89. The molecule has 24 heavy (non-hydrogen) atoms. The van der Waals surface area contributed by atoms with Gasteiger partial charge in [0.15, 0.2) is 0 Å². The highest BCUT2D eigenvalue weighted by Gasteiger charge is 2.45. The summed E-state index contributed by atoms with van der Waals surface area (Å²) in [5.41, 5.74) is 0.915. The number of esters is 1. The number of rotatable bonds is 4. The fourth-order valence-electron chi connectivity index (χ4n) is 2.72. The molecule has 4 N–H and O–H groups in total. The van der Waals surface area contributed by atoms with Crippen LogP contribution in [-0.4, -0.2) is 65.3 Å². The minimum absolute atomic E-state index is 0.340. The number of hydrogen-bond donors (Lipinski definition) is 4. The Kier molecular flexibility index (Phi) is 5.89. The minimum atomic E-state index is -1.34. The van der Waals surface area contributed by atoms with E-state index in [9.17, 15) is 24.9 Å². The van der Waals surface area contributed by atoms with Gasteiger partial charge in [-0.15, -0.1) is 0 Å². The molecule has 0 aliphatic carbocycles. The largest absolute Gasteiger partial charge is 0.465 e. The first-order valence-corrected chi connectivity index (χ1v) is 7.46. The van der Waals surface area contributed by atoms with Gasteiger partial charge in [-0.1, -0.05) is 12.1 Å². The lowest BCUT2D eigenvalue weighted by atomic mass is 9.88. The van der Waals surface area contributed by atoms with Gasteiger partial charge in [-0.05, 0) is 17.7 Å². The summed E-state index contributed by atoms with van der Waals surface area (Å²) in [4.78, 5) is 22.9. The van der Waals surface area contributed by atoms with E-state index in [1.54, 1.807) is 12.1 Å². The quantitative estimate of drug-likeness (QED) is 0.526. The van der Waals surface area contributed by atoms with Gasteiger partial charge in [0.05, 0.1) is 25.3 Å². The standard InChI is InChI=1S/C16H21NO7/c1-8(19)17-12-14(21)13(20)11(7-18)24-15(12)9-3-5-10(6-4-9)16(22)23-2/h3-6,11-15,18,20-21H,7H2,1-2H3,(H,17,19)/t11-,12-,13-,14-,15+/m1/s1. The van der Waals surface area contributed by atoms with E-state index in [0.29, 0.717) is 11.1 Å². The van der Waals surface area contributed by atoms with Crippen LogP contribution >= 0.6 is 0 Å². The van der Waals surface area contributed by atoms with Crippen molar-refractivity contribution in [2.75, 3.05) is 13.7 Å². The summed E-state index contributed by atoms with van der Waals surface area (Å²) in [6, 6.07) is 5.36. The third kappa shape index (κ3) is 3.73. The fourth-order valence-corrected chi connectivity index (χ4v) is 2.72. The molecule has 1 aromatic rings. The molecule has 1 aliphatic rings. The van der Waals surface area contributed by atoms with Gasteiger partial charge in [-0.2, -0.15) is 0 Å². The number of carbonyl (C=O) groups is 2. The second-order valence-electron chi connectivity index (χ2n) is 5.60. The normalized spacial score (nSPS) is 29.8. The summed E-state index contributed by atoms with van der Waals surface area (Å²) in [7, 11) is 1.27. The number of ether oxygens (including phenoxy) is 2. The molecule has 0 spiro atoms. The van der Waals surface area contributed by atoms with Gasteiger partial charge in [0, 0.05) is 6.92 Å². The van der Waals surface area contributed by atoms with E-state index in [1.807, 2.05) is 0 Å². The van der Waals surface area contributed by atoms with Crippen LogP contribution in [0.1, 0.15) is 28.9 Å². The maximum absolute atomic E-state index is 11.5. The number of nitrogens with one attached hydrogen (secondary N) is 1. The third-order valence-electron chi connectivity index (χ3n) is 3.96. The minimum Gasteiger partial charge on any atom is -0.465 e. The van der Waals surface area contributed by atoms with Crippen LogP contribution in [0.25, 0.3) is 0 Å². The SMILES string of the molecule is COC(=O)c1ccc([C@@H]2O[C@H](CO)[C@@H](O)[C@H](O)[C@H]2NC(C)=O)cc1. The number of aliphatic hydroxyl groups excluding tert-OH is 3. The maximum Gasteiger partial charge on any atom is 0.337 e. The molecule has 2 rings (SSSR count). The van der Waals surface area contributed by atoms with Crippen LogP contribution in [0.3, 0.4) is 0 Å². The molecule has 1 saturated heterocycles. The van der Waals surface area contributed by atoms with E-state index in [4.69, 9.17) is 4.74 Å². The number of amides is 1. The van der Waals surface area contributed by atoms with Crippen LogP contribution in [0, 0.1) is 0 Å². The van der Waals surface area contributed by atoms with Crippen molar-refractivity contribution in [1.29, 1.82) is 0 Å². The van der Waals surface area contributed by atoms with E-state index in [0.717, 1.165) is 0 Å². The molecule has 0 radical (unpaired) electrons. The van der Waals surface area contributed by atoms with Crippen LogP contribution < -0.4 is 5.32 Å². The summed E-state index contributed by atoms with van der Waals surface area (Å²) in [5, 5.41) is 32.1. The predicted octanol–water partition coefficient (Wildman–Crippen LogP) is -0.868. The molecule has 1 aliphatic heterocycles. The molecule has 8 nitrogen and oxygen atoms in total. The highest BCUT2D eigenvalue weighted by Crippen LogP contribution is 2.32. The van der Waals surface area contributed by atoms with Crippen LogP contribution in [0.4, 0.5) is 0 Å². The number of carbonyl (C=O) groups excluding carboxylic acids is 2. The van der Waals surface area contributed by atoms with Gasteiger partial charge < -0.3 is 30.1 Å². The molecule has 5 atom stereocenters. The van der Waals surface area contributed by atoms with E-state index in [1.165, 1.54) is 26.2 Å². The van der Waals surface area contributed by atoms with Gasteiger partial charge in [-0.3, -0.25) is 4.79 Å². The van der Waals surface area contributed by atoms with Gasteiger partial charge in [0.25, 0.3) is 0 Å². The fraction of sp³-hybridized carbons (Fsp3) is 0.500. The Morgan fingerprint density at radius 1 is 1.21 bits per heavy atom. The lowest BCUT2D eigenvalue weighted by Gasteiger charge is -2.42. The molecule has 0 saturated carbocycles. The van der Waals surface area contributed by atoms with Gasteiger partial charge in [0.2, 0.25) is 5.91 Å². The Morgan fingerprint density at radius 2 is 1.83 bits per heavy atom. The van der Waals surface area contributed by atoms with Gasteiger partial charge in [-0.25, -0.2) is 4.79 Å². The zero-order chi connectivity index (χ0) is 17.9. The number of benzene rings is 1. The number of methoxy groups -OCH3 is 1. The zero-order valence-electron chi connectivity index (χ0n) is 13.4. The monoisotopic (exact) mass is 339 g/mol. The second-order valence-corrected chi connectivity index (χ2v) is 5.60. The van der Waals surface area contributed by atoms with Crippen molar-refractivity contribution in [3.8, 4) is 0 Å². The van der Waals surface area contributed by atoms with Crippen LogP contribution in [-0.2, 0) is 14.3 Å². The average molecular weight is 339 g/mol. The Bertz CT molecular complexity index is 589. The lowest BCUT2D eigenvalue weighted by molar-refractivity contribution is -0.197. The Balaban J connectivity index is 2.31. The van der Waals surface area contributed by atoms with Crippen molar-refractivity contribution >= 4 is 11.9 Å². The smallest absolute Gasteiger partial charge is 0.337 e. The molecule has 1 aromatic carbocycles. The van der Waals surface area contributed by atoms with Crippen molar-refractivity contribution in [1.82, 2.24) is 5.32 Å². The molecular weight excluding hydrogens is 318 g/mol. The van der Waals surface area contributed by atoms with E-state index in [-0.39, 0.29) is 0 Å². The Hall–Kier alpha value is -2.00. The van der Waals surface area contributed by atoms with Crippen LogP contribution in [0.2, 0.25) is 0 Å². The molecule has 1 heterocycles. The number of hydrogen-bond acceptors (Lipinski definition) is 7. The average Bonchev–Trinajstić information content (AvgIpc) is 2.58. The Morgan fingerprint density at radius 3 is 2.33 bits per heavy atom. The Labute approximate surface area is 139 Å². The van der Waals surface area contributed by atoms with E-state index < -0.39 is 48.9 Å². The first-order chi connectivity index (χ1) is 11.4. The van der Waals surface area contributed by atoms with Crippen molar-refractivity contribution in [3.63, 3.8) is 0 Å². The van der Waals surface area contributed by atoms with Gasteiger partial charge in [0.1, 0.15) is 24.4 Å². The zero-order valence-corrected chi connectivity index (χ0v) is 13.4. The summed E-state index contributed by atoms with van der Waals surface area (Å²) >= 11 is 0. The van der Waals surface area contributed by atoms with Crippen LogP contribution in [0.15, 0.2) is 24.3 Å². The molecule has 132 valence electrons. The molecule has 1 fully saturated rings. The molecule has 8 heteroatoms. The third-order valence-corrected chi connectivity index (χ3v) is 3.96. The predicted molar refractivity (Wildman–Crippen MR) is 82.1 cm³/mol. The van der Waals surface area contributed by atoms with E-state index in [2.05, 4.69) is 10.1 Å².